The molecule has 29 heavy (non-hydrogen) atoms. The van der Waals surface area contributed by atoms with Crippen LogP contribution < -0.4 is 10.1 Å². The molecule has 3 rings (SSSR count). The summed E-state index contributed by atoms with van der Waals surface area (Å²) in [5.41, 5.74) is 0.535. The van der Waals surface area contributed by atoms with Crippen molar-refractivity contribution in [1.82, 2.24) is 4.31 Å². The normalized spacial score (nSPS) is 11.3. The van der Waals surface area contributed by atoms with Gasteiger partial charge in [-0.25, -0.2) is 8.42 Å². The molecule has 6 nitrogen and oxygen atoms in total. The number of nitrogens with one attached hydrogen (secondary N) is 1. The van der Waals surface area contributed by atoms with Crippen LogP contribution in [0.1, 0.15) is 0 Å². The number of hydrogen-bond acceptors (Lipinski definition) is 4. The number of nitrogens with zero attached hydrogens (tertiary/aromatic N) is 1. The van der Waals surface area contributed by atoms with E-state index in [0.717, 1.165) is 4.31 Å². The van der Waals surface area contributed by atoms with Crippen molar-refractivity contribution in [3.63, 3.8) is 0 Å². The average Bonchev–Trinajstić information content (AvgIpc) is 2.70. The first-order valence-electron chi connectivity index (χ1n) is 8.69. The van der Waals surface area contributed by atoms with Gasteiger partial charge in [-0.05, 0) is 60.7 Å². The van der Waals surface area contributed by atoms with Gasteiger partial charge in [-0.3, -0.25) is 4.79 Å². The van der Waals surface area contributed by atoms with E-state index in [1.807, 2.05) is 30.3 Å². The summed E-state index contributed by atoms with van der Waals surface area (Å²) in [7, 11) is -2.44. The predicted octanol–water partition coefficient (Wildman–Crippen LogP) is 4.39. The Balaban J connectivity index is 1.59. The highest BCUT2D eigenvalue weighted by Gasteiger charge is 2.22. The molecule has 0 spiro atoms. The van der Waals surface area contributed by atoms with Gasteiger partial charge >= 0.3 is 0 Å². The van der Waals surface area contributed by atoms with Gasteiger partial charge in [0.1, 0.15) is 11.5 Å². The number of rotatable bonds is 7. The molecule has 0 atom stereocenters. The highest BCUT2D eigenvalue weighted by molar-refractivity contribution is 7.89. The summed E-state index contributed by atoms with van der Waals surface area (Å²) < 4.78 is 31.8. The van der Waals surface area contributed by atoms with Crippen LogP contribution in [0.4, 0.5) is 5.69 Å². The molecule has 0 radical (unpaired) electrons. The van der Waals surface area contributed by atoms with E-state index >= 15 is 0 Å². The minimum absolute atomic E-state index is 0.0691. The Bertz CT molecular complexity index is 1070. The first-order chi connectivity index (χ1) is 13.8. The molecule has 0 aromatic heterocycles. The third-order valence-electron chi connectivity index (χ3n) is 4.01. The smallest absolute Gasteiger partial charge is 0.243 e. The second-order valence-electron chi connectivity index (χ2n) is 6.20. The van der Waals surface area contributed by atoms with Gasteiger partial charge in [-0.2, -0.15) is 4.31 Å². The van der Waals surface area contributed by atoms with Gasteiger partial charge in [0.25, 0.3) is 0 Å². The van der Waals surface area contributed by atoms with E-state index in [4.69, 9.17) is 16.3 Å². The predicted molar refractivity (Wildman–Crippen MR) is 113 cm³/mol. The van der Waals surface area contributed by atoms with Crippen molar-refractivity contribution in [1.29, 1.82) is 0 Å². The van der Waals surface area contributed by atoms with Gasteiger partial charge in [0, 0.05) is 17.8 Å². The zero-order chi connectivity index (χ0) is 20.9. The maximum Gasteiger partial charge on any atom is 0.243 e. The summed E-state index contributed by atoms with van der Waals surface area (Å²) in [4.78, 5) is 12.3. The number of sulfonamides is 1. The number of carbonyl (C=O) groups is 1. The molecule has 0 aliphatic heterocycles. The minimum atomic E-state index is -3.79. The number of halogens is 1. The first-order valence-corrected chi connectivity index (χ1v) is 10.5. The molecule has 1 amide bonds. The minimum Gasteiger partial charge on any atom is -0.457 e. The molecule has 0 fully saturated rings. The Morgan fingerprint density at radius 3 is 2.14 bits per heavy atom. The number of hydrogen-bond donors (Lipinski definition) is 1. The van der Waals surface area contributed by atoms with Crippen LogP contribution in [0.3, 0.4) is 0 Å². The molecule has 0 saturated heterocycles. The number of benzene rings is 3. The lowest BCUT2D eigenvalue weighted by molar-refractivity contribution is -0.116. The fourth-order valence-electron chi connectivity index (χ4n) is 2.51. The summed E-state index contributed by atoms with van der Waals surface area (Å²) >= 11 is 5.79. The van der Waals surface area contributed by atoms with Crippen molar-refractivity contribution in [2.45, 2.75) is 4.90 Å². The molecular weight excluding hydrogens is 412 g/mol. The van der Waals surface area contributed by atoms with Gasteiger partial charge in [0.15, 0.2) is 0 Å². The average molecular weight is 431 g/mol. The third kappa shape index (κ3) is 5.57. The van der Waals surface area contributed by atoms with E-state index in [1.54, 1.807) is 24.3 Å². The Hall–Kier alpha value is -2.87. The van der Waals surface area contributed by atoms with Crippen molar-refractivity contribution < 1.29 is 17.9 Å². The van der Waals surface area contributed by atoms with Crippen LogP contribution in [-0.2, 0) is 14.8 Å². The number of anilines is 1. The fraction of sp³-hybridized carbons (Fsp3) is 0.0952. The fourth-order valence-corrected chi connectivity index (χ4v) is 3.76. The second kappa shape index (κ2) is 9.09. The molecular formula is C21H19ClN2O4S. The molecule has 3 aromatic rings. The molecule has 3 aromatic carbocycles. The number of likely N-dealkylation sites (N-methyl/N-ethyl adjacent to an activating group) is 1. The molecule has 0 aliphatic rings. The van der Waals surface area contributed by atoms with E-state index < -0.39 is 15.9 Å². The van der Waals surface area contributed by atoms with Crippen LogP contribution in [0.25, 0.3) is 0 Å². The summed E-state index contributed by atoms with van der Waals surface area (Å²) in [5.74, 6) is 0.872. The summed E-state index contributed by atoms with van der Waals surface area (Å²) in [6.07, 6.45) is 0. The van der Waals surface area contributed by atoms with Gasteiger partial charge < -0.3 is 10.1 Å². The van der Waals surface area contributed by atoms with Gasteiger partial charge in [0.2, 0.25) is 15.9 Å². The topological polar surface area (TPSA) is 75.7 Å². The summed E-state index contributed by atoms with van der Waals surface area (Å²) in [6.45, 7) is -0.326. The number of ether oxygens (including phenoxy) is 1. The van der Waals surface area contributed by atoms with E-state index in [9.17, 15) is 13.2 Å². The number of carbonyl (C=O) groups excluding carboxylic acids is 1. The van der Waals surface area contributed by atoms with Crippen LogP contribution >= 0.6 is 11.6 Å². The summed E-state index contributed by atoms with van der Waals surface area (Å²) in [5, 5.41) is 3.11. The van der Waals surface area contributed by atoms with E-state index in [1.165, 1.54) is 31.3 Å². The van der Waals surface area contributed by atoms with Crippen molar-refractivity contribution in [3.8, 4) is 11.5 Å². The largest absolute Gasteiger partial charge is 0.457 e. The molecule has 0 unspecified atom stereocenters. The van der Waals surface area contributed by atoms with E-state index in [2.05, 4.69) is 5.32 Å². The highest BCUT2D eigenvalue weighted by Crippen LogP contribution is 2.23. The van der Waals surface area contributed by atoms with Gasteiger partial charge in [-0.15, -0.1) is 0 Å². The Kier molecular flexibility index (Phi) is 6.53. The Labute approximate surface area is 174 Å². The van der Waals surface area contributed by atoms with E-state index in [-0.39, 0.29) is 11.4 Å². The lowest BCUT2D eigenvalue weighted by atomic mass is 10.3. The van der Waals surface area contributed by atoms with Crippen molar-refractivity contribution in [2.24, 2.45) is 0 Å². The van der Waals surface area contributed by atoms with Gasteiger partial charge in [-0.1, -0.05) is 29.8 Å². The maximum atomic E-state index is 12.5. The monoisotopic (exact) mass is 430 g/mol. The standard InChI is InChI=1S/C21H19ClN2O4S/c1-24(29(26,27)20-13-7-16(22)8-14-20)15-21(25)23-17-9-11-19(12-10-17)28-18-5-3-2-4-6-18/h2-14H,15H2,1H3,(H,23,25). The third-order valence-corrected chi connectivity index (χ3v) is 6.07. The zero-order valence-corrected chi connectivity index (χ0v) is 17.2. The lowest BCUT2D eigenvalue weighted by Crippen LogP contribution is -2.34. The van der Waals surface area contributed by atoms with Crippen molar-refractivity contribution >= 4 is 33.2 Å². The Morgan fingerprint density at radius 1 is 0.931 bits per heavy atom. The van der Waals surface area contributed by atoms with Gasteiger partial charge in [0.05, 0.1) is 11.4 Å². The highest BCUT2D eigenvalue weighted by atomic mass is 35.5. The van der Waals surface area contributed by atoms with Crippen molar-refractivity contribution in [2.75, 3.05) is 18.9 Å². The Morgan fingerprint density at radius 2 is 1.52 bits per heavy atom. The molecule has 0 heterocycles. The second-order valence-corrected chi connectivity index (χ2v) is 8.68. The van der Waals surface area contributed by atoms with Crippen LogP contribution in [-0.4, -0.2) is 32.2 Å². The van der Waals surface area contributed by atoms with Crippen LogP contribution in [0.5, 0.6) is 11.5 Å². The molecule has 0 bridgehead atoms. The maximum absolute atomic E-state index is 12.5. The molecule has 0 saturated carbocycles. The zero-order valence-electron chi connectivity index (χ0n) is 15.6. The SMILES string of the molecule is CN(CC(=O)Nc1ccc(Oc2ccccc2)cc1)S(=O)(=O)c1ccc(Cl)cc1. The van der Waals surface area contributed by atoms with Crippen LogP contribution in [0.2, 0.25) is 5.02 Å². The molecule has 1 N–H and O–H groups in total. The number of para-hydroxylation sites is 1. The molecule has 0 aliphatic carbocycles. The molecule has 8 heteroatoms. The number of amides is 1. The lowest BCUT2D eigenvalue weighted by Gasteiger charge is -2.17. The van der Waals surface area contributed by atoms with E-state index in [0.29, 0.717) is 22.2 Å². The van der Waals surface area contributed by atoms with Crippen LogP contribution in [0.15, 0.2) is 83.8 Å². The quantitative estimate of drug-likeness (QED) is 0.603. The first kappa shape index (κ1) is 20.9. The van der Waals surface area contributed by atoms with Crippen molar-refractivity contribution in [3.05, 3.63) is 83.9 Å². The molecule has 150 valence electrons. The van der Waals surface area contributed by atoms with Crippen LogP contribution in [0, 0.1) is 0 Å². The summed E-state index contributed by atoms with van der Waals surface area (Å²) in [6, 6.07) is 21.9.